The molecule has 0 amide bonds. The Bertz CT molecular complexity index is 778. The number of hydrogen-bond acceptors (Lipinski definition) is 6. The van der Waals surface area contributed by atoms with Crippen molar-refractivity contribution < 1.29 is 28.6 Å². The van der Waals surface area contributed by atoms with E-state index >= 15 is 0 Å². The summed E-state index contributed by atoms with van der Waals surface area (Å²) in [6.07, 6.45) is 40.5. The maximum Gasteiger partial charge on any atom is 0.306 e. The summed E-state index contributed by atoms with van der Waals surface area (Å²) in [7, 11) is 0. The molecule has 0 saturated heterocycles. The molecule has 0 rings (SSSR count). The lowest BCUT2D eigenvalue weighted by atomic mass is 10.1. The molecule has 0 fully saturated rings. The average Bonchev–Trinajstić information content (AvgIpc) is 3.11. The summed E-state index contributed by atoms with van der Waals surface area (Å²) in [6, 6.07) is 0. The van der Waals surface area contributed by atoms with Crippen LogP contribution in [0.3, 0.4) is 0 Å². The van der Waals surface area contributed by atoms with Gasteiger partial charge < -0.3 is 14.2 Å². The fourth-order valence-corrected chi connectivity index (χ4v) is 6.20. The molecule has 0 radical (unpaired) electrons. The van der Waals surface area contributed by atoms with E-state index in [0.717, 1.165) is 70.6 Å². The summed E-state index contributed by atoms with van der Waals surface area (Å²) < 4.78 is 16.6. The fraction of sp³-hybridized carbons (Fsp3) is 0.886. The second-order valence-electron chi connectivity index (χ2n) is 14.6. The van der Waals surface area contributed by atoms with Gasteiger partial charge in [0, 0.05) is 19.3 Å². The fourth-order valence-electron chi connectivity index (χ4n) is 6.20. The number of allylic oxidation sites excluding steroid dienone is 2. The normalized spacial score (nSPS) is 12.0. The molecule has 1 atom stereocenters. The van der Waals surface area contributed by atoms with E-state index in [1.54, 1.807) is 0 Å². The molecule has 6 heteroatoms. The van der Waals surface area contributed by atoms with Gasteiger partial charge in [0.2, 0.25) is 0 Å². The van der Waals surface area contributed by atoms with Crippen molar-refractivity contribution in [2.45, 2.75) is 239 Å². The molecule has 0 spiro atoms. The SMILES string of the molecule is CCCCCCCC/C=C\CCCCCC(=O)OCC(COC(=O)CCCCCCCCCCC)OC(=O)CCCCCCCCCCCC. The summed E-state index contributed by atoms with van der Waals surface area (Å²) >= 11 is 0. The molecule has 0 N–H and O–H groups in total. The van der Waals surface area contributed by atoms with Gasteiger partial charge in [0.15, 0.2) is 6.10 Å². The van der Waals surface area contributed by atoms with E-state index < -0.39 is 6.10 Å². The van der Waals surface area contributed by atoms with Crippen LogP contribution in [-0.2, 0) is 28.6 Å². The summed E-state index contributed by atoms with van der Waals surface area (Å²) in [5.74, 6) is -0.887. The minimum absolute atomic E-state index is 0.0710. The van der Waals surface area contributed by atoms with E-state index in [1.165, 1.54) is 122 Å². The Morgan fingerprint density at radius 3 is 1.02 bits per heavy atom. The second kappa shape index (κ2) is 39.9. The highest BCUT2D eigenvalue weighted by atomic mass is 16.6. The van der Waals surface area contributed by atoms with Crippen molar-refractivity contribution in [3.63, 3.8) is 0 Å². The summed E-state index contributed by atoms with van der Waals surface area (Å²) in [6.45, 7) is 6.58. The van der Waals surface area contributed by atoms with Gasteiger partial charge in [-0.1, -0.05) is 181 Å². The van der Waals surface area contributed by atoms with Crippen LogP contribution in [0.2, 0.25) is 0 Å². The lowest BCUT2D eigenvalue weighted by Crippen LogP contribution is -2.30. The first-order chi connectivity index (χ1) is 24.5. The summed E-state index contributed by atoms with van der Waals surface area (Å²) in [5.41, 5.74) is 0. The molecule has 0 aromatic heterocycles. The molecule has 0 aromatic carbocycles. The van der Waals surface area contributed by atoms with Gasteiger partial charge in [-0.25, -0.2) is 0 Å². The van der Waals surface area contributed by atoms with Gasteiger partial charge in [0.1, 0.15) is 13.2 Å². The third-order valence-corrected chi connectivity index (χ3v) is 9.52. The number of ether oxygens (including phenoxy) is 3. The minimum atomic E-state index is -0.765. The lowest BCUT2D eigenvalue weighted by Gasteiger charge is -2.18. The van der Waals surface area contributed by atoms with Crippen molar-refractivity contribution in [2.24, 2.45) is 0 Å². The number of unbranched alkanes of at least 4 members (excludes halogenated alkanes) is 26. The molecule has 0 aromatic rings. The van der Waals surface area contributed by atoms with E-state index in [1.807, 2.05) is 0 Å². The van der Waals surface area contributed by atoms with Crippen molar-refractivity contribution in [3.8, 4) is 0 Å². The quantitative estimate of drug-likeness (QED) is 0.0274. The Morgan fingerprint density at radius 1 is 0.380 bits per heavy atom. The Labute approximate surface area is 310 Å². The molecule has 1 unspecified atom stereocenters. The summed E-state index contributed by atoms with van der Waals surface area (Å²) in [5, 5.41) is 0. The van der Waals surface area contributed by atoms with Crippen LogP contribution in [0.25, 0.3) is 0 Å². The standard InChI is InChI=1S/C44H82O6/c1-4-7-10-13-16-19-21-22-23-26-28-31-34-37-43(46)49-40-41(39-48-42(45)36-33-30-27-24-18-15-12-9-6-3)50-44(47)38-35-32-29-25-20-17-14-11-8-5-2/h22-23,41H,4-21,24-40H2,1-3H3/b23-22-. The Morgan fingerprint density at radius 2 is 0.660 bits per heavy atom. The number of carbonyl (C=O) groups is 3. The minimum Gasteiger partial charge on any atom is -0.462 e. The van der Waals surface area contributed by atoms with E-state index in [0.29, 0.717) is 19.3 Å². The van der Waals surface area contributed by atoms with E-state index in [9.17, 15) is 14.4 Å². The topological polar surface area (TPSA) is 78.9 Å². The zero-order chi connectivity index (χ0) is 36.6. The second-order valence-corrected chi connectivity index (χ2v) is 14.6. The molecule has 50 heavy (non-hydrogen) atoms. The van der Waals surface area contributed by atoms with Gasteiger partial charge in [-0.3, -0.25) is 14.4 Å². The molecule has 0 aliphatic rings. The Balaban J connectivity index is 4.35. The number of carbonyl (C=O) groups excluding carboxylic acids is 3. The van der Waals surface area contributed by atoms with Crippen molar-refractivity contribution in [1.29, 1.82) is 0 Å². The van der Waals surface area contributed by atoms with Gasteiger partial charge in [0.25, 0.3) is 0 Å². The molecule has 0 saturated carbocycles. The zero-order valence-electron chi connectivity index (χ0n) is 33.4. The number of hydrogen-bond donors (Lipinski definition) is 0. The van der Waals surface area contributed by atoms with Gasteiger partial charge in [0.05, 0.1) is 0 Å². The van der Waals surface area contributed by atoms with E-state index in [2.05, 4.69) is 32.9 Å². The average molecular weight is 707 g/mol. The van der Waals surface area contributed by atoms with Crippen LogP contribution in [0.4, 0.5) is 0 Å². The molecule has 0 aliphatic heterocycles. The first kappa shape index (κ1) is 48.1. The van der Waals surface area contributed by atoms with Crippen LogP contribution in [0, 0.1) is 0 Å². The van der Waals surface area contributed by atoms with Crippen molar-refractivity contribution in [2.75, 3.05) is 13.2 Å². The van der Waals surface area contributed by atoms with Gasteiger partial charge in [-0.15, -0.1) is 0 Å². The molecule has 0 bridgehead atoms. The first-order valence-electron chi connectivity index (χ1n) is 21.7. The number of rotatable bonds is 39. The highest BCUT2D eigenvalue weighted by Crippen LogP contribution is 2.14. The Kier molecular flexibility index (Phi) is 38.5. The monoisotopic (exact) mass is 707 g/mol. The summed E-state index contributed by atoms with van der Waals surface area (Å²) in [4.78, 5) is 37.5. The third-order valence-electron chi connectivity index (χ3n) is 9.52. The predicted octanol–water partition coefficient (Wildman–Crippen LogP) is 13.5. The van der Waals surface area contributed by atoms with Crippen molar-refractivity contribution in [3.05, 3.63) is 12.2 Å². The smallest absolute Gasteiger partial charge is 0.306 e. The Hall–Kier alpha value is -1.85. The van der Waals surface area contributed by atoms with Gasteiger partial charge >= 0.3 is 17.9 Å². The third kappa shape index (κ3) is 37.4. The van der Waals surface area contributed by atoms with Crippen molar-refractivity contribution >= 4 is 17.9 Å². The lowest BCUT2D eigenvalue weighted by molar-refractivity contribution is -0.167. The molecule has 0 aliphatic carbocycles. The largest absolute Gasteiger partial charge is 0.462 e. The zero-order valence-corrected chi connectivity index (χ0v) is 33.4. The highest BCUT2D eigenvalue weighted by Gasteiger charge is 2.19. The maximum absolute atomic E-state index is 12.6. The van der Waals surface area contributed by atoms with Crippen LogP contribution in [-0.4, -0.2) is 37.2 Å². The van der Waals surface area contributed by atoms with Crippen LogP contribution in [0.15, 0.2) is 12.2 Å². The first-order valence-corrected chi connectivity index (χ1v) is 21.7. The maximum atomic E-state index is 12.6. The predicted molar refractivity (Wildman–Crippen MR) is 210 cm³/mol. The van der Waals surface area contributed by atoms with Gasteiger partial charge in [-0.2, -0.15) is 0 Å². The van der Waals surface area contributed by atoms with Crippen molar-refractivity contribution in [1.82, 2.24) is 0 Å². The van der Waals surface area contributed by atoms with Crippen LogP contribution in [0.5, 0.6) is 0 Å². The van der Waals surface area contributed by atoms with E-state index in [-0.39, 0.29) is 31.1 Å². The van der Waals surface area contributed by atoms with Gasteiger partial charge in [-0.05, 0) is 44.9 Å². The van der Waals surface area contributed by atoms with Crippen LogP contribution >= 0.6 is 0 Å². The molecule has 6 nitrogen and oxygen atoms in total. The van der Waals surface area contributed by atoms with E-state index in [4.69, 9.17) is 14.2 Å². The molecule has 294 valence electrons. The molecular formula is C44H82O6. The highest BCUT2D eigenvalue weighted by molar-refractivity contribution is 5.71. The number of esters is 3. The molecular weight excluding hydrogens is 624 g/mol. The molecule has 0 heterocycles. The van der Waals surface area contributed by atoms with Crippen LogP contribution in [0.1, 0.15) is 233 Å². The van der Waals surface area contributed by atoms with Crippen LogP contribution < -0.4 is 0 Å².